The van der Waals surface area contributed by atoms with E-state index in [2.05, 4.69) is 75.4 Å². The van der Waals surface area contributed by atoms with E-state index in [1.54, 1.807) is 0 Å². The molecule has 0 saturated carbocycles. The fraction of sp³-hybridized carbons (Fsp3) is 0.548. The van der Waals surface area contributed by atoms with E-state index in [0.29, 0.717) is 39.6 Å². The summed E-state index contributed by atoms with van der Waals surface area (Å²) in [5.41, 5.74) is 1.20. The van der Waals surface area contributed by atoms with Crippen molar-refractivity contribution < 1.29 is 18.9 Å². The van der Waals surface area contributed by atoms with Gasteiger partial charge in [-0.1, -0.05) is 82.1 Å². The van der Waals surface area contributed by atoms with Crippen LogP contribution in [0.5, 0.6) is 0 Å². The molecule has 0 saturated heterocycles. The van der Waals surface area contributed by atoms with Crippen molar-refractivity contribution in [2.45, 2.75) is 52.9 Å². The summed E-state index contributed by atoms with van der Waals surface area (Å²) < 4.78 is 23.7. The van der Waals surface area contributed by atoms with Gasteiger partial charge in [-0.3, -0.25) is 0 Å². The predicted molar refractivity (Wildman–Crippen MR) is 146 cm³/mol. The van der Waals surface area contributed by atoms with Gasteiger partial charge in [-0.05, 0) is 52.4 Å². The highest BCUT2D eigenvalue weighted by atomic mass is 16.5. The van der Waals surface area contributed by atoms with Gasteiger partial charge in [-0.25, -0.2) is 0 Å². The first-order chi connectivity index (χ1) is 17.2. The van der Waals surface area contributed by atoms with E-state index < -0.39 is 0 Å². The van der Waals surface area contributed by atoms with Gasteiger partial charge in [0.25, 0.3) is 0 Å². The van der Waals surface area contributed by atoms with Gasteiger partial charge in [0.15, 0.2) is 0 Å². The van der Waals surface area contributed by atoms with Crippen LogP contribution in [-0.2, 0) is 25.4 Å². The Labute approximate surface area is 211 Å². The molecule has 0 aliphatic rings. The van der Waals surface area contributed by atoms with Gasteiger partial charge in [0, 0.05) is 18.6 Å². The van der Waals surface area contributed by atoms with Crippen LogP contribution in [0.15, 0.2) is 54.6 Å². The van der Waals surface area contributed by atoms with Gasteiger partial charge < -0.3 is 18.9 Å². The SMILES string of the molecule is CCCCOCCOCC(C)(COCCOCCCC)Cc1c2ccccc2cc2ccccc12. The summed E-state index contributed by atoms with van der Waals surface area (Å²) in [6, 6.07) is 19.7. The highest BCUT2D eigenvalue weighted by molar-refractivity contribution is 6.02. The van der Waals surface area contributed by atoms with E-state index in [1.165, 1.54) is 27.1 Å². The number of rotatable bonds is 18. The molecule has 0 amide bonds. The van der Waals surface area contributed by atoms with Crippen molar-refractivity contribution in [3.63, 3.8) is 0 Å². The molecule has 192 valence electrons. The topological polar surface area (TPSA) is 36.9 Å². The monoisotopic (exact) mass is 480 g/mol. The van der Waals surface area contributed by atoms with E-state index in [0.717, 1.165) is 45.3 Å². The Hall–Kier alpha value is -1.98. The molecule has 0 aromatic heterocycles. The molecule has 0 spiro atoms. The largest absolute Gasteiger partial charge is 0.379 e. The minimum absolute atomic E-state index is 0.167. The third-order valence-corrected chi connectivity index (χ3v) is 6.42. The third-order valence-electron chi connectivity index (χ3n) is 6.42. The average Bonchev–Trinajstić information content (AvgIpc) is 2.87. The fourth-order valence-corrected chi connectivity index (χ4v) is 4.44. The molecule has 0 N–H and O–H groups in total. The maximum absolute atomic E-state index is 6.15. The standard InChI is InChI=1S/C31H44O4/c1-4-6-16-32-18-20-34-24-31(3,25-35-21-19-33-17-7-5-2)23-30-28-14-10-8-12-26(28)22-27-13-9-11-15-29(27)30/h8-15,22H,4-7,16-21,23-25H2,1-3H3. The number of unbranched alkanes of at least 4 members (excludes halogenated alkanes) is 2. The zero-order valence-electron chi connectivity index (χ0n) is 22.0. The number of benzene rings is 3. The van der Waals surface area contributed by atoms with Crippen LogP contribution in [0.4, 0.5) is 0 Å². The highest BCUT2D eigenvalue weighted by Crippen LogP contribution is 2.34. The molecule has 0 aliphatic carbocycles. The Bertz CT molecular complexity index is 928. The molecule has 0 unspecified atom stereocenters. The molecular formula is C31H44O4. The summed E-state index contributed by atoms with van der Waals surface area (Å²) in [7, 11) is 0. The lowest BCUT2D eigenvalue weighted by molar-refractivity contribution is -0.0396. The number of hydrogen-bond donors (Lipinski definition) is 0. The van der Waals surface area contributed by atoms with E-state index in [4.69, 9.17) is 18.9 Å². The minimum Gasteiger partial charge on any atom is -0.379 e. The highest BCUT2D eigenvalue weighted by Gasteiger charge is 2.28. The molecule has 3 aromatic rings. The van der Waals surface area contributed by atoms with Crippen molar-refractivity contribution >= 4 is 21.5 Å². The molecule has 0 aliphatic heterocycles. The van der Waals surface area contributed by atoms with Crippen LogP contribution in [-0.4, -0.2) is 52.9 Å². The zero-order chi connectivity index (χ0) is 24.8. The summed E-state index contributed by atoms with van der Waals surface area (Å²) in [6.45, 7) is 12.0. The Morgan fingerprint density at radius 3 is 1.54 bits per heavy atom. The second kappa shape index (κ2) is 15.2. The second-order valence-corrected chi connectivity index (χ2v) is 9.82. The molecule has 3 rings (SSSR count). The van der Waals surface area contributed by atoms with E-state index in [-0.39, 0.29) is 5.41 Å². The summed E-state index contributed by atoms with van der Waals surface area (Å²) in [5.74, 6) is 0. The average molecular weight is 481 g/mol. The molecule has 3 aromatic carbocycles. The normalized spacial score (nSPS) is 12.1. The van der Waals surface area contributed by atoms with Crippen molar-refractivity contribution in [2.75, 3.05) is 52.9 Å². The molecule has 0 bridgehead atoms. The molecule has 4 heteroatoms. The maximum atomic E-state index is 6.15. The fourth-order valence-electron chi connectivity index (χ4n) is 4.44. The van der Waals surface area contributed by atoms with Crippen LogP contribution in [0.1, 0.15) is 52.0 Å². The van der Waals surface area contributed by atoms with Crippen molar-refractivity contribution in [3.8, 4) is 0 Å². The summed E-state index contributed by atoms with van der Waals surface area (Å²) in [6.07, 6.45) is 5.37. The third kappa shape index (κ3) is 8.88. The Kier molecular flexibility index (Phi) is 12.0. The van der Waals surface area contributed by atoms with Crippen LogP contribution >= 0.6 is 0 Å². The first-order valence-corrected chi connectivity index (χ1v) is 13.4. The van der Waals surface area contributed by atoms with E-state index in [9.17, 15) is 0 Å². The second-order valence-electron chi connectivity index (χ2n) is 9.82. The molecule has 4 nitrogen and oxygen atoms in total. The van der Waals surface area contributed by atoms with Gasteiger partial charge >= 0.3 is 0 Å². The first kappa shape index (κ1) is 27.6. The lowest BCUT2D eigenvalue weighted by Gasteiger charge is -2.30. The molecule has 0 atom stereocenters. The number of hydrogen-bond acceptors (Lipinski definition) is 4. The predicted octanol–water partition coefficient (Wildman–Crippen LogP) is 7.21. The number of ether oxygens (including phenoxy) is 4. The van der Waals surface area contributed by atoms with Crippen LogP contribution in [0.2, 0.25) is 0 Å². The lowest BCUT2D eigenvalue weighted by Crippen LogP contribution is -2.33. The molecule has 0 radical (unpaired) electrons. The minimum atomic E-state index is -0.167. The lowest BCUT2D eigenvalue weighted by atomic mass is 9.81. The summed E-state index contributed by atoms with van der Waals surface area (Å²) >= 11 is 0. The van der Waals surface area contributed by atoms with Crippen LogP contribution < -0.4 is 0 Å². The van der Waals surface area contributed by atoms with Crippen LogP contribution in [0.3, 0.4) is 0 Å². The molecule has 0 heterocycles. The Balaban J connectivity index is 1.72. The van der Waals surface area contributed by atoms with Gasteiger partial charge in [0.1, 0.15) is 0 Å². The van der Waals surface area contributed by atoms with Gasteiger partial charge in [-0.2, -0.15) is 0 Å². The van der Waals surface area contributed by atoms with Crippen LogP contribution in [0, 0.1) is 5.41 Å². The zero-order valence-corrected chi connectivity index (χ0v) is 22.0. The van der Waals surface area contributed by atoms with Gasteiger partial charge in [0.2, 0.25) is 0 Å². The van der Waals surface area contributed by atoms with Crippen molar-refractivity contribution in [2.24, 2.45) is 5.41 Å². The number of fused-ring (bicyclic) bond motifs is 2. The Morgan fingerprint density at radius 2 is 1.06 bits per heavy atom. The molecular weight excluding hydrogens is 436 g/mol. The van der Waals surface area contributed by atoms with Crippen molar-refractivity contribution in [1.82, 2.24) is 0 Å². The van der Waals surface area contributed by atoms with Crippen LogP contribution in [0.25, 0.3) is 21.5 Å². The quantitative estimate of drug-likeness (QED) is 0.142. The maximum Gasteiger partial charge on any atom is 0.0700 e. The van der Waals surface area contributed by atoms with E-state index in [1.807, 2.05) is 0 Å². The van der Waals surface area contributed by atoms with Crippen molar-refractivity contribution in [3.05, 3.63) is 60.2 Å². The molecule has 35 heavy (non-hydrogen) atoms. The van der Waals surface area contributed by atoms with Crippen molar-refractivity contribution in [1.29, 1.82) is 0 Å². The first-order valence-electron chi connectivity index (χ1n) is 13.4. The van der Waals surface area contributed by atoms with Gasteiger partial charge in [0.05, 0.1) is 39.6 Å². The summed E-state index contributed by atoms with van der Waals surface area (Å²) in [5, 5.41) is 5.17. The Morgan fingerprint density at radius 1 is 0.600 bits per heavy atom. The smallest absolute Gasteiger partial charge is 0.0700 e. The van der Waals surface area contributed by atoms with E-state index >= 15 is 0 Å². The summed E-state index contributed by atoms with van der Waals surface area (Å²) in [4.78, 5) is 0. The molecule has 0 fully saturated rings. The van der Waals surface area contributed by atoms with Gasteiger partial charge in [-0.15, -0.1) is 0 Å².